The van der Waals surface area contributed by atoms with Gasteiger partial charge in [0, 0.05) is 17.2 Å². The minimum atomic E-state index is -0.747. The molecule has 0 aliphatic carbocycles. The number of aryl methyl sites for hydroxylation is 1. The second-order valence-electron chi connectivity index (χ2n) is 7.21. The lowest BCUT2D eigenvalue weighted by Crippen LogP contribution is -2.14. The maximum Gasteiger partial charge on any atom is 0.344 e. The second-order valence-corrected chi connectivity index (χ2v) is 8.24. The topological polar surface area (TPSA) is 94.4 Å². The molecule has 8 heteroatoms. The lowest BCUT2D eigenvalue weighted by molar-refractivity contribution is -0.138. The molecule has 0 saturated carbocycles. The summed E-state index contributed by atoms with van der Waals surface area (Å²) in [5, 5.41) is 11.0. The van der Waals surface area contributed by atoms with Crippen LogP contribution in [0.3, 0.4) is 0 Å². The summed E-state index contributed by atoms with van der Waals surface area (Å²) < 4.78 is 16.4. The van der Waals surface area contributed by atoms with Crippen LogP contribution >= 0.6 is 11.8 Å². The lowest BCUT2D eigenvalue weighted by Gasteiger charge is -2.11. The molecule has 1 N–H and O–H groups in total. The van der Waals surface area contributed by atoms with Crippen LogP contribution in [0.1, 0.15) is 42.3 Å². The first kappa shape index (κ1) is 25.1. The van der Waals surface area contributed by atoms with Crippen molar-refractivity contribution in [1.82, 2.24) is 0 Å². The maximum atomic E-state index is 12.7. The molecular formula is C26H27NO6S. The smallest absolute Gasteiger partial charge is 0.344 e. The van der Waals surface area contributed by atoms with Gasteiger partial charge in [-0.3, -0.25) is 4.79 Å². The van der Waals surface area contributed by atoms with E-state index in [4.69, 9.17) is 14.2 Å². The Bertz CT molecular complexity index is 1160. The van der Waals surface area contributed by atoms with Gasteiger partial charge in [-0.1, -0.05) is 29.5 Å². The molecule has 1 aliphatic rings. The van der Waals surface area contributed by atoms with Crippen LogP contribution in [-0.4, -0.2) is 41.8 Å². The molecule has 1 heterocycles. The fourth-order valence-electron chi connectivity index (χ4n) is 3.16. The normalized spacial score (nSPS) is 15.6. The van der Waals surface area contributed by atoms with Crippen molar-refractivity contribution < 1.29 is 28.9 Å². The Kier molecular flexibility index (Phi) is 8.54. The van der Waals surface area contributed by atoms with Crippen molar-refractivity contribution >= 4 is 34.8 Å². The molecule has 1 amide bonds. The van der Waals surface area contributed by atoms with E-state index in [0.29, 0.717) is 40.7 Å². The Morgan fingerprint density at radius 1 is 1.00 bits per heavy atom. The molecule has 7 nitrogen and oxygen atoms in total. The molecule has 0 spiro atoms. The highest BCUT2D eigenvalue weighted by atomic mass is 32.2. The monoisotopic (exact) mass is 481 g/mol. The van der Waals surface area contributed by atoms with Crippen molar-refractivity contribution in [1.29, 1.82) is 0 Å². The van der Waals surface area contributed by atoms with Gasteiger partial charge in [-0.25, -0.2) is 9.79 Å². The van der Waals surface area contributed by atoms with Gasteiger partial charge in [0.25, 0.3) is 5.91 Å². The third-order valence-corrected chi connectivity index (χ3v) is 5.77. The predicted octanol–water partition coefficient (Wildman–Crippen LogP) is 5.49. The van der Waals surface area contributed by atoms with E-state index in [1.165, 1.54) is 0 Å². The van der Waals surface area contributed by atoms with Crippen LogP contribution in [0, 0.1) is 6.92 Å². The van der Waals surface area contributed by atoms with E-state index in [0.717, 1.165) is 17.3 Å². The quantitative estimate of drug-likeness (QED) is 0.498. The summed E-state index contributed by atoms with van der Waals surface area (Å²) in [4.78, 5) is 29.8. The first-order valence-corrected chi connectivity index (χ1v) is 11.8. The van der Waals surface area contributed by atoms with Crippen molar-refractivity contribution in [3.8, 4) is 11.5 Å². The number of carbonyl (C=O) groups is 2. The number of hydrogen-bond donors (Lipinski definition) is 1. The van der Waals surface area contributed by atoms with E-state index in [1.54, 1.807) is 55.5 Å². The number of nitrogens with zero attached hydrogens (tertiary/aromatic N) is 1. The summed E-state index contributed by atoms with van der Waals surface area (Å²) in [5.41, 5.74) is 1.93. The second kappa shape index (κ2) is 11.6. The summed E-state index contributed by atoms with van der Waals surface area (Å²) in [5.74, 6) is -0.342. The van der Waals surface area contributed by atoms with Gasteiger partial charge in [-0.15, -0.1) is 0 Å². The molecule has 0 saturated heterocycles. The molecule has 0 atom stereocenters. The molecule has 0 radical (unpaired) electrons. The van der Waals surface area contributed by atoms with E-state index in [2.05, 4.69) is 4.99 Å². The molecule has 2 aromatic rings. The highest BCUT2D eigenvalue weighted by molar-refractivity contribution is 8.18. The number of aliphatic hydroxyl groups excluding tert-OH is 1. The van der Waals surface area contributed by atoms with Gasteiger partial charge in [-0.2, -0.15) is 0 Å². The van der Waals surface area contributed by atoms with Crippen molar-refractivity contribution in [2.45, 2.75) is 27.7 Å². The van der Waals surface area contributed by atoms with E-state index in [-0.39, 0.29) is 23.0 Å². The first-order chi connectivity index (χ1) is 16.4. The Labute approximate surface area is 203 Å². The van der Waals surface area contributed by atoms with Crippen LogP contribution in [0.2, 0.25) is 0 Å². The molecule has 2 aromatic carbocycles. The lowest BCUT2D eigenvalue weighted by atomic mass is 10.1. The Hall–Kier alpha value is -3.52. The molecule has 3 rings (SSSR count). The van der Waals surface area contributed by atoms with Crippen molar-refractivity contribution in [3.05, 3.63) is 75.4 Å². The molecule has 1 aliphatic heterocycles. The molecule has 0 bridgehead atoms. The Morgan fingerprint density at radius 2 is 1.71 bits per heavy atom. The summed E-state index contributed by atoms with van der Waals surface area (Å²) in [6.45, 7) is 8.41. The third-order valence-electron chi connectivity index (χ3n) is 4.75. The summed E-state index contributed by atoms with van der Waals surface area (Å²) >= 11 is 1.02. The molecule has 34 heavy (non-hydrogen) atoms. The van der Waals surface area contributed by atoms with Gasteiger partial charge < -0.3 is 19.3 Å². The molecular weight excluding hydrogens is 454 g/mol. The Balaban J connectivity index is 2.03. The van der Waals surface area contributed by atoms with E-state index in [9.17, 15) is 14.7 Å². The van der Waals surface area contributed by atoms with E-state index >= 15 is 0 Å². The van der Waals surface area contributed by atoms with Gasteiger partial charge in [0.2, 0.25) is 0 Å². The number of amides is 1. The van der Waals surface area contributed by atoms with Crippen molar-refractivity contribution in [3.63, 3.8) is 0 Å². The highest BCUT2D eigenvalue weighted by Gasteiger charge is 2.34. The SMILES string of the molecule is CCOC(=O)C1=C(O)C(=Cc2ccc(OCC)cc2OCC)SC1=NC(=O)c1ccc(C)cc1. The number of ether oxygens (including phenoxy) is 3. The van der Waals surface area contributed by atoms with Crippen LogP contribution < -0.4 is 9.47 Å². The summed E-state index contributed by atoms with van der Waals surface area (Å²) in [7, 11) is 0. The van der Waals surface area contributed by atoms with Gasteiger partial charge in [0.1, 0.15) is 27.9 Å². The van der Waals surface area contributed by atoms with Gasteiger partial charge in [-0.05, 0) is 58.0 Å². The minimum absolute atomic E-state index is 0.0803. The number of thioether (sulfide) groups is 1. The van der Waals surface area contributed by atoms with Crippen molar-refractivity contribution in [2.75, 3.05) is 19.8 Å². The fourth-order valence-corrected chi connectivity index (χ4v) is 4.16. The van der Waals surface area contributed by atoms with Gasteiger partial charge in [0.05, 0.1) is 24.7 Å². The number of rotatable bonds is 8. The fraction of sp³-hybridized carbons (Fsp3) is 0.269. The highest BCUT2D eigenvalue weighted by Crippen LogP contribution is 2.40. The largest absolute Gasteiger partial charge is 0.506 e. The zero-order valence-corrected chi connectivity index (χ0v) is 20.4. The van der Waals surface area contributed by atoms with Crippen LogP contribution in [0.5, 0.6) is 11.5 Å². The first-order valence-electron chi connectivity index (χ1n) is 11.0. The molecule has 0 unspecified atom stereocenters. The number of hydrogen-bond acceptors (Lipinski definition) is 7. The van der Waals surface area contributed by atoms with Crippen LogP contribution in [0.4, 0.5) is 0 Å². The molecule has 0 aromatic heterocycles. The van der Waals surface area contributed by atoms with Crippen LogP contribution in [0.15, 0.2) is 63.7 Å². The number of benzene rings is 2. The third kappa shape index (κ3) is 5.88. The van der Waals surface area contributed by atoms with Gasteiger partial charge >= 0.3 is 5.97 Å². The molecule has 0 fully saturated rings. The number of aliphatic imine (C=N–C) groups is 1. The average molecular weight is 482 g/mol. The number of carbonyl (C=O) groups excluding carboxylic acids is 2. The average Bonchev–Trinajstić information content (AvgIpc) is 3.11. The maximum absolute atomic E-state index is 12.7. The van der Waals surface area contributed by atoms with E-state index in [1.807, 2.05) is 20.8 Å². The zero-order chi connectivity index (χ0) is 24.7. The Morgan fingerprint density at radius 3 is 2.35 bits per heavy atom. The van der Waals surface area contributed by atoms with Crippen molar-refractivity contribution in [2.24, 2.45) is 4.99 Å². The molecule has 178 valence electrons. The summed E-state index contributed by atoms with van der Waals surface area (Å²) in [6.07, 6.45) is 1.68. The number of aliphatic hydroxyl groups is 1. The summed E-state index contributed by atoms with van der Waals surface area (Å²) in [6, 6.07) is 12.3. The van der Waals surface area contributed by atoms with Gasteiger partial charge in [0.15, 0.2) is 0 Å². The minimum Gasteiger partial charge on any atom is -0.506 e. The zero-order valence-electron chi connectivity index (χ0n) is 19.6. The van der Waals surface area contributed by atoms with E-state index < -0.39 is 11.9 Å². The predicted molar refractivity (Wildman–Crippen MR) is 134 cm³/mol. The van der Waals surface area contributed by atoms with Crippen LogP contribution in [-0.2, 0) is 9.53 Å². The standard InChI is InChI=1S/C26H27NO6S/c1-5-31-19-13-12-18(20(15-19)32-6-2)14-21-23(28)22(26(30)33-7-3)25(34-21)27-24(29)17-10-8-16(4)9-11-17/h8-15,28H,5-7H2,1-4H3. The number of esters is 1. The van der Waals surface area contributed by atoms with Crippen LogP contribution in [0.25, 0.3) is 6.08 Å².